The molecule has 1 aliphatic rings. The predicted octanol–water partition coefficient (Wildman–Crippen LogP) is 4.20. The summed E-state index contributed by atoms with van der Waals surface area (Å²) in [6, 6.07) is 20.5. The maximum absolute atomic E-state index is 13.2. The molecular weight excluding hydrogens is 436 g/mol. The van der Waals surface area contributed by atoms with Gasteiger partial charge in [0.1, 0.15) is 0 Å². The van der Waals surface area contributed by atoms with Gasteiger partial charge in [0.05, 0.1) is 16.7 Å². The summed E-state index contributed by atoms with van der Waals surface area (Å²) in [4.78, 5) is 24.2. The summed E-state index contributed by atoms with van der Waals surface area (Å²) in [5, 5.41) is 1.17. The van der Waals surface area contributed by atoms with E-state index < -0.39 is 0 Å². The zero-order chi connectivity index (χ0) is 23.9. The summed E-state index contributed by atoms with van der Waals surface area (Å²) in [7, 11) is 2.03. The Morgan fingerprint density at radius 3 is 2.71 bits per heavy atom. The van der Waals surface area contributed by atoms with E-state index in [-0.39, 0.29) is 11.9 Å². The van der Waals surface area contributed by atoms with Crippen molar-refractivity contribution in [2.24, 2.45) is 12.8 Å². The van der Waals surface area contributed by atoms with Crippen molar-refractivity contribution in [1.29, 1.82) is 0 Å². The highest BCUT2D eigenvalue weighted by Gasteiger charge is 2.23. The van der Waals surface area contributed by atoms with Crippen molar-refractivity contribution in [3.05, 3.63) is 84.2 Å². The van der Waals surface area contributed by atoms with Crippen molar-refractivity contribution in [3.8, 4) is 11.5 Å². The van der Waals surface area contributed by atoms with E-state index in [1.807, 2.05) is 54.7 Å². The number of imidazole rings is 1. The van der Waals surface area contributed by atoms with Gasteiger partial charge in [0.25, 0.3) is 5.91 Å². The summed E-state index contributed by atoms with van der Waals surface area (Å²) in [5.41, 5.74) is 11.9. The van der Waals surface area contributed by atoms with Crippen molar-refractivity contribution < 1.29 is 4.79 Å². The Hall–Kier alpha value is -3.97. The number of fused-ring (bicyclic) bond motifs is 2. The lowest BCUT2D eigenvalue weighted by atomic mass is 10.1. The third kappa shape index (κ3) is 3.88. The van der Waals surface area contributed by atoms with Crippen LogP contribution in [0.3, 0.4) is 0 Å². The van der Waals surface area contributed by atoms with Gasteiger partial charge < -0.3 is 19.8 Å². The first kappa shape index (κ1) is 21.6. The maximum atomic E-state index is 13.2. The lowest BCUT2D eigenvalue weighted by molar-refractivity contribution is 0.0709. The number of hydrogen-bond acceptors (Lipinski definition) is 4. The number of pyridine rings is 1. The normalized spacial score (nSPS) is 16.3. The Labute approximate surface area is 203 Å². The molecule has 0 aliphatic carbocycles. The van der Waals surface area contributed by atoms with Crippen LogP contribution in [0.1, 0.15) is 28.8 Å². The van der Waals surface area contributed by atoms with E-state index in [4.69, 9.17) is 10.7 Å². The molecule has 3 aromatic heterocycles. The number of likely N-dealkylation sites (tertiary alicyclic amines) is 1. The van der Waals surface area contributed by atoms with Gasteiger partial charge in [0.15, 0.2) is 5.82 Å². The molecule has 35 heavy (non-hydrogen) atoms. The molecule has 0 bridgehead atoms. The Balaban J connectivity index is 1.43. The minimum absolute atomic E-state index is 0.0288. The van der Waals surface area contributed by atoms with Crippen LogP contribution in [0.25, 0.3) is 33.5 Å². The first-order valence-corrected chi connectivity index (χ1v) is 12.1. The molecule has 5 aromatic rings. The van der Waals surface area contributed by atoms with Crippen LogP contribution in [0.15, 0.2) is 73.1 Å². The number of carbonyl (C=O) groups excluding carboxylic acids is 1. The standard InChI is InChI=1S/C28H28N6O/c1-32-25-9-8-21(28(35)33-14-4-6-22(29)18-33)15-23(25)31-27(32)26-16-20-5-2-3-7-24(20)34(26)17-19-10-12-30-13-11-19/h2-3,5,7-13,15-16,22H,4,6,14,17-18,29H2,1H3/t22-/m1/s1. The van der Waals surface area contributed by atoms with Crippen LogP contribution in [0.4, 0.5) is 0 Å². The van der Waals surface area contributed by atoms with Crippen LogP contribution in [0.5, 0.6) is 0 Å². The quantitative estimate of drug-likeness (QED) is 0.432. The van der Waals surface area contributed by atoms with E-state index in [1.165, 1.54) is 10.9 Å². The third-order valence-corrected chi connectivity index (χ3v) is 7.00. The molecular formula is C28H28N6O. The lowest BCUT2D eigenvalue weighted by Gasteiger charge is -2.30. The number of nitrogens with zero attached hydrogens (tertiary/aromatic N) is 5. The minimum Gasteiger partial charge on any atom is -0.337 e. The molecule has 6 rings (SSSR count). The number of aromatic nitrogens is 4. The number of para-hydroxylation sites is 1. The van der Waals surface area contributed by atoms with E-state index in [1.54, 1.807) is 0 Å². The van der Waals surface area contributed by atoms with Crippen LogP contribution < -0.4 is 5.73 Å². The van der Waals surface area contributed by atoms with Gasteiger partial charge in [0.2, 0.25) is 0 Å². The van der Waals surface area contributed by atoms with Crippen molar-refractivity contribution in [2.75, 3.05) is 13.1 Å². The van der Waals surface area contributed by atoms with Gasteiger partial charge in [-0.2, -0.15) is 0 Å². The van der Waals surface area contributed by atoms with Crippen LogP contribution in [0, 0.1) is 0 Å². The highest BCUT2D eigenvalue weighted by Crippen LogP contribution is 2.31. The number of rotatable bonds is 4. The zero-order valence-corrected chi connectivity index (χ0v) is 19.8. The van der Waals surface area contributed by atoms with Crippen LogP contribution in [0.2, 0.25) is 0 Å². The van der Waals surface area contributed by atoms with Crippen LogP contribution in [-0.4, -0.2) is 49.0 Å². The molecule has 7 nitrogen and oxygen atoms in total. The molecule has 0 unspecified atom stereocenters. The summed E-state index contributed by atoms with van der Waals surface area (Å²) < 4.78 is 4.41. The van der Waals surface area contributed by atoms with Gasteiger partial charge in [0, 0.05) is 61.6 Å². The Kier molecular flexibility index (Phi) is 5.34. The van der Waals surface area contributed by atoms with Crippen molar-refractivity contribution in [3.63, 3.8) is 0 Å². The Bertz CT molecular complexity index is 1530. The minimum atomic E-state index is 0.0288. The highest BCUT2D eigenvalue weighted by molar-refractivity contribution is 5.98. The highest BCUT2D eigenvalue weighted by atomic mass is 16.2. The Morgan fingerprint density at radius 1 is 1.06 bits per heavy atom. The monoisotopic (exact) mass is 464 g/mol. The van der Waals surface area contributed by atoms with E-state index >= 15 is 0 Å². The smallest absolute Gasteiger partial charge is 0.253 e. The molecule has 0 spiro atoms. The average Bonchev–Trinajstić information content (AvgIpc) is 3.41. The molecule has 0 radical (unpaired) electrons. The number of carbonyl (C=O) groups is 1. The predicted molar refractivity (Wildman–Crippen MR) is 138 cm³/mol. The van der Waals surface area contributed by atoms with Crippen molar-refractivity contribution >= 4 is 27.8 Å². The number of hydrogen-bond donors (Lipinski definition) is 1. The average molecular weight is 465 g/mol. The second-order valence-electron chi connectivity index (χ2n) is 9.38. The maximum Gasteiger partial charge on any atom is 0.253 e. The SMILES string of the molecule is Cn1c(-c2cc3ccccc3n2Cc2ccncc2)nc2cc(C(=O)N3CCC[C@@H](N)C3)ccc21. The topological polar surface area (TPSA) is 82.0 Å². The molecule has 0 saturated carbocycles. The van der Waals surface area contributed by atoms with Crippen molar-refractivity contribution in [2.45, 2.75) is 25.4 Å². The van der Waals surface area contributed by atoms with Gasteiger partial charge in [-0.15, -0.1) is 0 Å². The number of aryl methyl sites for hydroxylation is 1. The fourth-order valence-electron chi connectivity index (χ4n) is 5.18. The summed E-state index contributed by atoms with van der Waals surface area (Å²) in [5.74, 6) is 0.899. The first-order chi connectivity index (χ1) is 17.1. The number of amides is 1. The van der Waals surface area contributed by atoms with Gasteiger partial charge in [-0.3, -0.25) is 9.78 Å². The third-order valence-electron chi connectivity index (χ3n) is 7.00. The fraction of sp³-hybridized carbons (Fsp3) is 0.250. The second kappa shape index (κ2) is 8.67. The lowest BCUT2D eigenvalue weighted by Crippen LogP contribution is -2.45. The molecule has 2 aromatic carbocycles. The molecule has 176 valence electrons. The molecule has 1 fully saturated rings. The van der Waals surface area contributed by atoms with Gasteiger partial charge >= 0.3 is 0 Å². The molecule has 2 N–H and O–H groups in total. The number of piperidine rings is 1. The molecule has 7 heteroatoms. The molecule has 1 aliphatic heterocycles. The zero-order valence-electron chi connectivity index (χ0n) is 19.8. The summed E-state index contributed by atoms with van der Waals surface area (Å²) in [6.07, 6.45) is 5.57. The van der Waals surface area contributed by atoms with Crippen LogP contribution >= 0.6 is 0 Å². The van der Waals surface area contributed by atoms with E-state index in [9.17, 15) is 4.79 Å². The second-order valence-corrected chi connectivity index (χ2v) is 9.38. The molecule has 1 amide bonds. The molecule has 1 atom stereocenters. The first-order valence-electron chi connectivity index (χ1n) is 12.1. The van der Waals surface area contributed by atoms with Crippen molar-refractivity contribution in [1.82, 2.24) is 24.0 Å². The molecule has 4 heterocycles. The van der Waals surface area contributed by atoms with Crippen LogP contribution in [-0.2, 0) is 13.6 Å². The number of nitrogens with two attached hydrogens (primary N) is 1. The number of benzene rings is 2. The molecule has 1 saturated heterocycles. The Morgan fingerprint density at radius 2 is 1.89 bits per heavy atom. The largest absolute Gasteiger partial charge is 0.337 e. The van der Waals surface area contributed by atoms with Gasteiger partial charge in [-0.1, -0.05) is 18.2 Å². The van der Waals surface area contributed by atoms with Gasteiger partial charge in [-0.25, -0.2) is 4.98 Å². The van der Waals surface area contributed by atoms with E-state index in [2.05, 4.69) is 44.5 Å². The fourth-order valence-corrected chi connectivity index (χ4v) is 5.18. The van der Waals surface area contributed by atoms with E-state index in [0.29, 0.717) is 18.7 Å². The summed E-state index contributed by atoms with van der Waals surface area (Å²) in [6.45, 7) is 2.08. The van der Waals surface area contributed by atoms with E-state index in [0.717, 1.165) is 47.5 Å². The van der Waals surface area contributed by atoms with Gasteiger partial charge in [-0.05, 0) is 60.9 Å². The summed E-state index contributed by atoms with van der Waals surface area (Å²) >= 11 is 0.